The zero-order valence-corrected chi connectivity index (χ0v) is 17.2. The number of rotatable bonds is 4. The Kier molecular flexibility index (Phi) is 5.54. The van der Waals surface area contributed by atoms with Crippen molar-refractivity contribution in [3.63, 3.8) is 0 Å². The molecular weight excluding hydrogens is 404 g/mol. The number of benzene rings is 2. The van der Waals surface area contributed by atoms with Crippen LogP contribution in [-0.2, 0) is 0 Å². The average Bonchev–Trinajstić information content (AvgIpc) is 3.37. The first-order chi connectivity index (χ1) is 12.8. The molecule has 0 saturated carbocycles. The Balaban J connectivity index is 1.48. The zero-order valence-electron chi connectivity index (χ0n) is 14.0. The van der Waals surface area contributed by atoms with E-state index in [2.05, 4.69) is 20.9 Å². The maximum atomic E-state index is 5.30. The van der Waals surface area contributed by atoms with Gasteiger partial charge in [0, 0.05) is 35.0 Å². The summed E-state index contributed by atoms with van der Waals surface area (Å²) in [6, 6.07) is 16.0. The van der Waals surface area contributed by atoms with Crippen molar-refractivity contribution in [2.45, 2.75) is 0 Å². The summed E-state index contributed by atoms with van der Waals surface area (Å²) >= 11 is 6.39. The first-order valence-corrected chi connectivity index (χ1v) is 10.8. The summed E-state index contributed by atoms with van der Waals surface area (Å²) in [4.78, 5) is 0. The summed E-state index contributed by atoms with van der Waals surface area (Å²) in [7, 11) is 3.35. The number of nitrogens with zero attached hydrogens (tertiary/aromatic N) is 2. The molecule has 26 heavy (non-hydrogen) atoms. The summed E-state index contributed by atoms with van der Waals surface area (Å²) in [5.41, 5.74) is 2.14. The molecule has 0 unspecified atom stereocenters. The summed E-state index contributed by atoms with van der Waals surface area (Å²) in [5, 5.41) is 1.99. The standard InChI is InChI=1S/C18H14N2O2S4/c1-21-13-7-3-5-11(9-13)15-19-25-17(23-15)18-24-16(20-26-18)12-6-4-8-14(10-12)22-2/h3-10H,1-2H3/b18-17-. The zero-order chi connectivity index (χ0) is 17.9. The molecule has 0 fully saturated rings. The minimum atomic E-state index is 0.838. The van der Waals surface area contributed by atoms with Crippen molar-refractivity contribution in [3.8, 4) is 11.5 Å². The van der Waals surface area contributed by atoms with Crippen molar-refractivity contribution in [1.29, 1.82) is 0 Å². The summed E-state index contributed by atoms with van der Waals surface area (Å²) in [6.07, 6.45) is 0. The van der Waals surface area contributed by atoms with E-state index in [0.717, 1.165) is 32.7 Å². The van der Waals surface area contributed by atoms with E-state index in [-0.39, 0.29) is 0 Å². The molecule has 0 aromatic heterocycles. The third kappa shape index (κ3) is 3.78. The van der Waals surface area contributed by atoms with Gasteiger partial charge in [-0.05, 0) is 24.3 Å². The maximum Gasteiger partial charge on any atom is 0.119 e. The summed E-state index contributed by atoms with van der Waals surface area (Å²) < 4.78 is 22.2. The lowest BCUT2D eigenvalue weighted by molar-refractivity contribution is 0.414. The fraction of sp³-hybridized carbons (Fsp3) is 0.111. The smallest absolute Gasteiger partial charge is 0.119 e. The second-order valence-electron chi connectivity index (χ2n) is 5.22. The van der Waals surface area contributed by atoms with Gasteiger partial charge in [0.25, 0.3) is 0 Å². The number of ether oxygens (including phenoxy) is 2. The van der Waals surface area contributed by atoms with Gasteiger partial charge in [-0.3, -0.25) is 0 Å². The molecule has 0 spiro atoms. The van der Waals surface area contributed by atoms with Crippen molar-refractivity contribution in [2.24, 2.45) is 8.80 Å². The van der Waals surface area contributed by atoms with Crippen molar-refractivity contribution < 1.29 is 9.47 Å². The van der Waals surface area contributed by atoms with E-state index in [1.54, 1.807) is 37.7 Å². The normalized spacial score (nSPS) is 19.3. The molecule has 4 rings (SSSR count). The maximum absolute atomic E-state index is 5.30. The molecule has 2 aromatic rings. The molecule has 132 valence electrons. The fourth-order valence-corrected chi connectivity index (χ4v) is 6.47. The van der Waals surface area contributed by atoms with Crippen LogP contribution in [0.3, 0.4) is 0 Å². The van der Waals surface area contributed by atoms with E-state index in [1.807, 2.05) is 36.4 Å². The highest BCUT2D eigenvalue weighted by Crippen LogP contribution is 2.52. The van der Waals surface area contributed by atoms with Crippen LogP contribution >= 0.6 is 47.4 Å². The van der Waals surface area contributed by atoms with Crippen LogP contribution in [0.15, 0.2) is 65.8 Å². The third-order valence-electron chi connectivity index (χ3n) is 3.60. The van der Waals surface area contributed by atoms with Crippen molar-refractivity contribution in [3.05, 3.63) is 68.1 Å². The Morgan fingerprint density at radius 1 is 0.692 bits per heavy atom. The van der Waals surface area contributed by atoms with Crippen molar-refractivity contribution >= 4 is 57.5 Å². The van der Waals surface area contributed by atoms with E-state index in [4.69, 9.17) is 9.47 Å². The Morgan fingerprint density at radius 2 is 1.15 bits per heavy atom. The number of thioether (sulfide) groups is 2. The minimum Gasteiger partial charge on any atom is -0.497 e. The molecule has 2 aliphatic rings. The van der Waals surface area contributed by atoms with Crippen LogP contribution in [0.1, 0.15) is 11.1 Å². The average molecular weight is 419 g/mol. The SMILES string of the molecule is COc1cccc(C2=NS/C(=C3\SN=C(c4cccc(OC)c4)S3)S2)c1. The highest BCUT2D eigenvalue weighted by atomic mass is 32.2. The quantitative estimate of drug-likeness (QED) is 0.584. The Hall–Kier alpha value is -1.48. The van der Waals surface area contributed by atoms with Crippen LogP contribution < -0.4 is 9.47 Å². The lowest BCUT2D eigenvalue weighted by atomic mass is 10.2. The number of hydrogen-bond donors (Lipinski definition) is 0. The molecule has 2 aromatic carbocycles. The third-order valence-corrected chi connectivity index (χ3v) is 8.40. The van der Waals surface area contributed by atoms with Gasteiger partial charge in [-0.1, -0.05) is 47.8 Å². The molecule has 0 atom stereocenters. The van der Waals surface area contributed by atoms with E-state index >= 15 is 0 Å². The van der Waals surface area contributed by atoms with Gasteiger partial charge >= 0.3 is 0 Å². The summed E-state index contributed by atoms with van der Waals surface area (Å²) in [6.45, 7) is 0. The Labute approximate surface area is 169 Å². The molecule has 0 saturated heterocycles. The van der Waals surface area contributed by atoms with Crippen LogP contribution in [0.2, 0.25) is 0 Å². The fourth-order valence-electron chi connectivity index (χ4n) is 2.31. The predicted molar refractivity (Wildman–Crippen MR) is 116 cm³/mol. The van der Waals surface area contributed by atoms with Gasteiger partial charge in [0.15, 0.2) is 0 Å². The van der Waals surface area contributed by atoms with Crippen molar-refractivity contribution in [2.75, 3.05) is 14.2 Å². The molecule has 0 N–H and O–H groups in total. The number of methoxy groups -OCH3 is 2. The summed E-state index contributed by atoms with van der Waals surface area (Å²) in [5.74, 6) is 1.68. The second kappa shape index (κ2) is 8.04. The monoisotopic (exact) mass is 418 g/mol. The van der Waals surface area contributed by atoms with E-state index in [9.17, 15) is 0 Å². The van der Waals surface area contributed by atoms with Gasteiger partial charge in [-0.15, -0.1) is 0 Å². The molecule has 4 nitrogen and oxygen atoms in total. The molecule has 0 radical (unpaired) electrons. The second-order valence-corrected chi connectivity index (χ2v) is 9.28. The van der Waals surface area contributed by atoms with E-state index < -0.39 is 0 Å². The molecular formula is C18H14N2O2S4. The van der Waals surface area contributed by atoms with Gasteiger partial charge in [-0.25, -0.2) is 8.80 Å². The number of hydrogen-bond acceptors (Lipinski definition) is 8. The topological polar surface area (TPSA) is 43.2 Å². The molecule has 2 heterocycles. The molecule has 0 amide bonds. The Bertz CT molecular complexity index is 865. The first-order valence-electron chi connectivity index (χ1n) is 7.65. The minimum absolute atomic E-state index is 0.838. The largest absolute Gasteiger partial charge is 0.497 e. The van der Waals surface area contributed by atoms with Crippen LogP contribution in [-0.4, -0.2) is 24.3 Å². The molecule has 8 heteroatoms. The highest BCUT2D eigenvalue weighted by molar-refractivity contribution is 8.38. The van der Waals surface area contributed by atoms with Gasteiger partial charge in [0.1, 0.15) is 21.6 Å². The Morgan fingerprint density at radius 3 is 1.58 bits per heavy atom. The van der Waals surface area contributed by atoms with Crippen LogP contribution in [0, 0.1) is 0 Å². The van der Waals surface area contributed by atoms with Crippen LogP contribution in [0.4, 0.5) is 0 Å². The molecule has 0 aliphatic carbocycles. The van der Waals surface area contributed by atoms with Crippen LogP contribution in [0.25, 0.3) is 0 Å². The molecule has 2 aliphatic heterocycles. The highest BCUT2D eigenvalue weighted by Gasteiger charge is 2.26. The lowest BCUT2D eigenvalue weighted by Gasteiger charge is -2.04. The van der Waals surface area contributed by atoms with Crippen molar-refractivity contribution in [1.82, 2.24) is 0 Å². The first kappa shape index (κ1) is 17.9. The van der Waals surface area contributed by atoms with Gasteiger partial charge in [0.2, 0.25) is 0 Å². The van der Waals surface area contributed by atoms with Gasteiger partial charge < -0.3 is 9.47 Å². The van der Waals surface area contributed by atoms with Gasteiger partial charge in [0.05, 0.1) is 22.7 Å². The molecule has 0 bridgehead atoms. The van der Waals surface area contributed by atoms with E-state index in [0.29, 0.717) is 0 Å². The van der Waals surface area contributed by atoms with E-state index in [1.165, 1.54) is 32.4 Å². The van der Waals surface area contributed by atoms with Crippen LogP contribution in [0.5, 0.6) is 11.5 Å². The lowest BCUT2D eigenvalue weighted by Crippen LogP contribution is -1.93. The van der Waals surface area contributed by atoms with Gasteiger partial charge in [-0.2, -0.15) is 0 Å². The predicted octanol–water partition coefficient (Wildman–Crippen LogP) is 5.81.